The largest absolute Gasteiger partial charge is 0.480 e. The summed E-state index contributed by atoms with van der Waals surface area (Å²) >= 11 is 0. The fourth-order valence-corrected chi connectivity index (χ4v) is 1.88. The highest BCUT2D eigenvalue weighted by Gasteiger charge is 2.21. The molecule has 1 aromatic heterocycles. The van der Waals surface area contributed by atoms with E-state index in [1.165, 1.54) is 0 Å². The molecular weight excluding hydrogens is 290 g/mol. The van der Waals surface area contributed by atoms with Gasteiger partial charge in [-0.1, -0.05) is 30.3 Å². The Labute approximate surface area is 123 Å². The van der Waals surface area contributed by atoms with Crippen LogP contribution in [0.5, 0.6) is 0 Å². The number of nitrogens with one attached hydrogen (secondary N) is 3. The number of carboxylic acids is 1. The van der Waals surface area contributed by atoms with Crippen molar-refractivity contribution in [1.29, 1.82) is 0 Å². The van der Waals surface area contributed by atoms with Crippen molar-refractivity contribution < 1.29 is 14.7 Å². The zero-order chi connectivity index (χ0) is 16.1. The molecule has 2 rings (SSSR count). The van der Waals surface area contributed by atoms with Crippen LogP contribution in [0, 0.1) is 0 Å². The predicted octanol–water partition coefficient (Wildman–Crippen LogP) is -0.511. The van der Waals surface area contributed by atoms with E-state index in [1.54, 1.807) is 30.3 Å². The number of H-pyrrole nitrogens is 2. The van der Waals surface area contributed by atoms with E-state index in [4.69, 9.17) is 0 Å². The van der Waals surface area contributed by atoms with Crippen molar-refractivity contribution in [3.63, 3.8) is 0 Å². The molecule has 0 fully saturated rings. The van der Waals surface area contributed by atoms with Gasteiger partial charge < -0.3 is 15.4 Å². The van der Waals surface area contributed by atoms with Gasteiger partial charge in [0.25, 0.3) is 11.5 Å². The monoisotopic (exact) mass is 303 g/mol. The molecular formula is C14H13N3O5. The third kappa shape index (κ3) is 3.92. The molecule has 8 heteroatoms. The molecule has 2 aromatic rings. The molecule has 0 radical (unpaired) electrons. The van der Waals surface area contributed by atoms with Crippen LogP contribution in [0.4, 0.5) is 0 Å². The number of benzene rings is 1. The van der Waals surface area contributed by atoms with Gasteiger partial charge in [0, 0.05) is 12.5 Å². The Hall–Kier alpha value is -3.16. The van der Waals surface area contributed by atoms with Gasteiger partial charge in [0.1, 0.15) is 11.7 Å². The SMILES string of the molecule is O=C(NC(Cc1ccccc1)C(=O)O)c1cc(=O)[nH]c(=O)[nH]1. The highest BCUT2D eigenvalue weighted by atomic mass is 16.4. The molecule has 1 aromatic carbocycles. The average molecular weight is 303 g/mol. The summed E-state index contributed by atoms with van der Waals surface area (Å²) in [6.45, 7) is 0. The van der Waals surface area contributed by atoms with Crippen molar-refractivity contribution in [3.05, 3.63) is 68.5 Å². The van der Waals surface area contributed by atoms with Crippen LogP contribution in [0.15, 0.2) is 46.0 Å². The van der Waals surface area contributed by atoms with E-state index in [0.717, 1.165) is 11.6 Å². The lowest BCUT2D eigenvalue weighted by atomic mass is 10.1. The van der Waals surface area contributed by atoms with Crippen LogP contribution in [0.3, 0.4) is 0 Å². The van der Waals surface area contributed by atoms with Crippen LogP contribution in [-0.2, 0) is 11.2 Å². The van der Waals surface area contributed by atoms with Crippen LogP contribution < -0.4 is 16.6 Å². The van der Waals surface area contributed by atoms with Gasteiger partial charge in [-0.15, -0.1) is 0 Å². The summed E-state index contributed by atoms with van der Waals surface area (Å²) in [5, 5.41) is 11.5. The number of aliphatic carboxylic acids is 1. The summed E-state index contributed by atoms with van der Waals surface area (Å²) in [7, 11) is 0. The molecule has 0 saturated carbocycles. The summed E-state index contributed by atoms with van der Waals surface area (Å²) in [5.41, 5.74) is -1.15. The zero-order valence-corrected chi connectivity index (χ0v) is 11.3. The van der Waals surface area contributed by atoms with E-state index in [1.807, 2.05) is 4.98 Å². The number of carboxylic acid groups (broad SMARTS) is 1. The summed E-state index contributed by atoms with van der Waals surface area (Å²) in [4.78, 5) is 49.5. The quantitative estimate of drug-likeness (QED) is 0.590. The lowest BCUT2D eigenvalue weighted by molar-refractivity contribution is -0.139. The summed E-state index contributed by atoms with van der Waals surface area (Å²) in [6.07, 6.45) is 0.0787. The molecule has 0 saturated heterocycles. The minimum absolute atomic E-state index is 0.0787. The van der Waals surface area contributed by atoms with E-state index in [2.05, 4.69) is 10.3 Å². The number of hydrogen-bond donors (Lipinski definition) is 4. The number of amides is 1. The first kappa shape index (κ1) is 15.2. The Morgan fingerprint density at radius 2 is 1.82 bits per heavy atom. The standard InChI is InChI=1S/C14H13N3O5/c18-11-7-9(16-14(22)17-11)12(19)15-10(13(20)21)6-8-4-2-1-3-5-8/h1-5,7,10H,6H2,(H,15,19)(H,20,21)(H2,16,17,18,22). The molecule has 1 unspecified atom stereocenters. The van der Waals surface area contributed by atoms with Gasteiger partial charge in [0.15, 0.2) is 0 Å². The fraction of sp³-hybridized carbons (Fsp3) is 0.143. The molecule has 114 valence electrons. The van der Waals surface area contributed by atoms with Gasteiger partial charge in [-0.25, -0.2) is 9.59 Å². The highest BCUT2D eigenvalue weighted by molar-refractivity contribution is 5.94. The third-order valence-electron chi connectivity index (χ3n) is 2.89. The Balaban J connectivity index is 2.17. The number of aromatic nitrogens is 2. The van der Waals surface area contributed by atoms with Gasteiger partial charge in [-0.2, -0.15) is 0 Å². The second-order valence-electron chi connectivity index (χ2n) is 4.56. The van der Waals surface area contributed by atoms with Crippen LogP contribution in [-0.4, -0.2) is 33.0 Å². The van der Waals surface area contributed by atoms with Crippen molar-refractivity contribution in [1.82, 2.24) is 15.3 Å². The van der Waals surface area contributed by atoms with Crippen molar-refractivity contribution in [2.45, 2.75) is 12.5 Å². The van der Waals surface area contributed by atoms with Crippen molar-refractivity contribution in [2.24, 2.45) is 0 Å². The lowest BCUT2D eigenvalue weighted by Crippen LogP contribution is -2.43. The Kier molecular flexibility index (Phi) is 4.52. The zero-order valence-electron chi connectivity index (χ0n) is 11.3. The first-order chi connectivity index (χ1) is 10.5. The van der Waals surface area contributed by atoms with Crippen LogP contribution in [0.25, 0.3) is 0 Å². The molecule has 8 nitrogen and oxygen atoms in total. The van der Waals surface area contributed by atoms with Gasteiger partial charge >= 0.3 is 11.7 Å². The molecule has 0 bridgehead atoms. The van der Waals surface area contributed by atoms with Crippen molar-refractivity contribution in [3.8, 4) is 0 Å². The average Bonchev–Trinajstić information content (AvgIpc) is 2.46. The Morgan fingerprint density at radius 1 is 1.14 bits per heavy atom. The van der Waals surface area contributed by atoms with Gasteiger partial charge in [0.2, 0.25) is 0 Å². The molecule has 0 aliphatic rings. The maximum absolute atomic E-state index is 12.0. The smallest absolute Gasteiger partial charge is 0.326 e. The maximum atomic E-state index is 12.0. The van der Waals surface area contributed by atoms with Crippen molar-refractivity contribution in [2.75, 3.05) is 0 Å². The number of rotatable bonds is 5. The number of carbonyl (C=O) groups is 2. The molecule has 1 atom stereocenters. The molecule has 0 spiro atoms. The second-order valence-corrected chi connectivity index (χ2v) is 4.56. The van der Waals surface area contributed by atoms with Crippen LogP contribution in [0.2, 0.25) is 0 Å². The van der Waals surface area contributed by atoms with Crippen LogP contribution >= 0.6 is 0 Å². The maximum Gasteiger partial charge on any atom is 0.326 e. The molecule has 0 aliphatic carbocycles. The molecule has 22 heavy (non-hydrogen) atoms. The Bertz CT molecular complexity index is 766. The lowest BCUT2D eigenvalue weighted by Gasteiger charge is -2.14. The van der Waals surface area contributed by atoms with Gasteiger partial charge in [0.05, 0.1) is 0 Å². The normalized spacial score (nSPS) is 11.6. The molecule has 4 N–H and O–H groups in total. The van der Waals surface area contributed by atoms with E-state index >= 15 is 0 Å². The van der Waals surface area contributed by atoms with E-state index in [9.17, 15) is 24.3 Å². The number of hydrogen-bond acceptors (Lipinski definition) is 4. The first-order valence-electron chi connectivity index (χ1n) is 6.37. The molecule has 1 amide bonds. The molecule has 0 aliphatic heterocycles. The second kappa shape index (κ2) is 6.53. The minimum Gasteiger partial charge on any atom is -0.480 e. The first-order valence-corrected chi connectivity index (χ1v) is 6.37. The number of aromatic amines is 2. The topological polar surface area (TPSA) is 132 Å². The number of carbonyl (C=O) groups excluding carboxylic acids is 1. The summed E-state index contributed by atoms with van der Waals surface area (Å²) in [5.74, 6) is -2.06. The van der Waals surface area contributed by atoms with E-state index in [-0.39, 0.29) is 12.1 Å². The van der Waals surface area contributed by atoms with Gasteiger partial charge in [-0.05, 0) is 5.56 Å². The minimum atomic E-state index is -1.22. The van der Waals surface area contributed by atoms with Crippen molar-refractivity contribution >= 4 is 11.9 Å². The predicted molar refractivity (Wildman–Crippen MR) is 76.7 cm³/mol. The van der Waals surface area contributed by atoms with Gasteiger partial charge in [-0.3, -0.25) is 14.6 Å². The molecule has 1 heterocycles. The Morgan fingerprint density at radius 3 is 2.41 bits per heavy atom. The van der Waals surface area contributed by atoms with Crippen LogP contribution in [0.1, 0.15) is 16.1 Å². The summed E-state index contributed by atoms with van der Waals surface area (Å²) < 4.78 is 0. The third-order valence-corrected chi connectivity index (χ3v) is 2.89. The highest BCUT2D eigenvalue weighted by Crippen LogP contribution is 2.04. The summed E-state index contributed by atoms with van der Waals surface area (Å²) in [6, 6.07) is 8.47. The van der Waals surface area contributed by atoms with E-state index in [0.29, 0.717) is 0 Å². The van der Waals surface area contributed by atoms with E-state index < -0.39 is 29.2 Å². The fourth-order valence-electron chi connectivity index (χ4n) is 1.88.